The van der Waals surface area contributed by atoms with E-state index in [1.165, 1.54) is 12.8 Å². The van der Waals surface area contributed by atoms with E-state index in [2.05, 4.69) is 22.1 Å². The number of carbonyl (C=O) groups excluding carboxylic acids is 1. The smallest absolute Gasteiger partial charge is 0.244 e. The van der Waals surface area contributed by atoms with Crippen molar-refractivity contribution in [1.82, 2.24) is 15.1 Å². The highest BCUT2D eigenvalue weighted by atomic mass is 16.2. The Balaban J connectivity index is 1.88. The molecular weight excluding hydrogens is 228 g/mol. The van der Waals surface area contributed by atoms with E-state index >= 15 is 0 Å². The molecule has 2 aliphatic rings. The van der Waals surface area contributed by atoms with Gasteiger partial charge in [-0.3, -0.25) is 4.79 Å². The maximum Gasteiger partial charge on any atom is 0.244 e. The summed E-state index contributed by atoms with van der Waals surface area (Å²) in [6, 6.07) is 0. The Morgan fingerprint density at radius 1 is 1.06 bits per heavy atom. The molecular formula is C13H24N4O. The van der Waals surface area contributed by atoms with Gasteiger partial charge in [0.05, 0.1) is 0 Å². The van der Waals surface area contributed by atoms with Crippen LogP contribution < -0.4 is 5.32 Å². The van der Waals surface area contributed by atoms with Crippen LogP contribution in [0, 0.1) is 0 Å². The number of nitrogens with one attached hydrogen (secondary N) is 1. The van der Waals surface area contributed by atoms with Gasteiger partial charge in [-0.2, -0.15) is 0 Å². The molecule has 1 N–H and O–H groups in total. The van der Waals surface area contributed by atoms with Gasteiger partial charge < -0.3 is 15.1 Å². The van der Waals surface area contributed by atoms with Gasteiger partial charge in [-0.15, -0.1) is 0 Å². The Morgan fingerprint density at radius 2 is 1.61 bits per heavy atom. The second-order valence-electron chi connectivity index (χ2n) is 4.95. The van der Waals surface area contributed by atoms with Gasteiger partial charge in [0.25, 0.3) is 0 Å². The summed E-state index contributed by atoms with van der Waals surface area (Å²) in [5.41, 5.74) is 0. The predicted octanol–water partition coefficient (Wildman–Crippen LogP) is 0.670. The molecule has 0 atom stereocenters. The molecule has 2 rings (SSSR count). The lowest BCUT2D eigenvalue weighted by Crippen LogP contribution is -2.40. The SMILES string of the molecule is CCNC(=NCC(=O)N1CCCC1)N1CCCC1. The zero-order chi connectivity index (χ0) is 12.8. The summed E-state index contributed by atoms with van der Waals surface area (Å²) < 4.78 is 0. The summed E-state index contributed by atoms with van der Waals surface area (Å²) in [7, 11) is 0. The minimum Gasteiger partial charge on any atom is -0.357 e. The van der Waals surface area contributed by atoms with Crippen LogP contribution in [0.3, 0.4) is 0 Å². The first kappa shape index (κ1) is 13.2. The van der Waals surface area contributed by atoms with Crippen LogP contribution in [0.25, 0.3) is 0 Å². The van der Waals surface area contributed by atoms with Gasteiger partial charge in [-0.1, -0.05) is 0 Å². The van der Waals surface area contributed by atoms with Crippen molar-refractivity contribution in [3.05, 3.63) is 0 Å². The average Bonchev–Trinajstić information content (AvgIpc) is 3.04. The molecule has 0 radical (unpaired) electrons. The molecule has 2 heterocycles. The highest BCUT2D eigenvalue weighted by Gasteiger charge is 2.19. The lowest BCUT2D eigenvalue weighted by atomic mass is 10.4. The van der Waals surface area contributed by atoms with Crippen molar-refractivity contribution in [1.29, 1.82) is 0 Å². The minimum absolute atomic E-state index is 0.169. The summed E-state index contributed by atoms with van der Waals surface area (Å²) in [4.78, 5) is 20.6. The Kier molecular flexibility index (Phi) is 4.84. The number of likely N-dealkylation sites (tertiary alicyclic amines) is 2. The van der Waals surface area contributed by atoms with Crippen molar-refractivity contribution in [3.63, 3.8) is 0 Å². The Labute approximate surface area is 109 Å². The molecule has 1 amide bonds. The molecule has 5 heteroatoms. The molecule has 5 nitrogen and oxygen atoms in total. The van der Waals surface area contributed by atoms with Crippen molar-refractivity contribution in [2.24, 2.45) is 4.99 Å². The zero-order valence-electron chi connectivity index (χ0n) is 11.3. The van der Waals surface area contributed by atoms with Gasteiger partial charge in [-0.05, 0) is 32.6 Å². The van der Waals surface area contributed by atoms with E-state index in [4.69, 9.17) is 0 Å². The van der Waals surface area contributed by atoms with Gasteiger partial charge in [0.15, 0.2) is 5.96 Å². The third-order valence-corrected chi connectivity index (χ3v) is 3.56. The second kappa shape index (κ2) is 6.61. The third-order valence-electron chi connectivity index (χ3n) is 3.56. The number of aliphatic imine (C=N–C) groups is 1. The number of carbonyl (C=O) groups is 1. The number of rotatable bonds is 3. The largest absolute Gasteiger partial charge is 0.357 e. The van der Waals surface area contributed by atoms with Crippen molar-refractivity contribution < 1.29 is 4.79 Å². The summed E-state index contributed by atoms with van der Waals surface area (Å²) in [5, 5.41) is 3.28. The van der Waals surface area contributed by atoms with E-state index in [1.54, 1.807) is 0 Å². The molecule has 2 saturated heterocycles. The number of hydrogen-bond acceptors (Lipinski definition) is 2. The van der Waals surface area contributed by atoms with Gasteiger partial charge >= 0.3 is 0 Å². The molecule has 0 aromatic rings. The molecule has 0 aliphatic carbocycles. The summed E-state index contributed by atoms with van der Waals surface area (Å²) in [6.07, 6.45) is 4.73. The van der Waals surface area contributed by atoms with Crippen LogP contribution in [0.15, 0.2) is 4.99 Å². The Morgan fingerprint density at radius 3 is 2.17 bits per heavy atom. The standard InChI is InChI=1S/C13H24N4O/c1-2-14-13(17-9-5-6-10-17)15-11-12(18)16-7-3-4-8-16/h2-11H2,1H3,(H,14,15). The van der Waals surface area contributed by atoms with Gasteiger partial charge in [0, 0.05) is 32.7 Å². The van der Waals surface area contributed by atoms with E-state index in [-0.39, 0.29) is 5.91 Å². The van der Waals surface area contributed by atoms with E-state index in [0.29, 0.717) is 6.54 Å². The third kappa shape index (κ3) is 3.37. The summed E-state index contributed by atoms with van der Waals surface area (Å²) >= 11 is 0. The molecule has 2 fully saturated rings. The fourth-order valence-electron chi connectivity index (χ4n) is 2.56. The lowest BCUT2D eigenvalue weighted by molar-refractivity contribution is -0.128. The van der Waals surface area contributed by atoms with E-state index in [1.807, 2.05) is 4.90 Å². The molecule has 0 aromatic carbocycles. The van der Waals surface area contributed by atoms with Crippen LogP contribution in [0.1, 0.15) is 32.6 Å². The lowest BCUT2D eigenvalue weighted by Gasteiger charge is -2.21. The molecule has 2 aliphatic heterocycles. The number of guanidine groups is 1. The first-order chi connectivity index (χ1) is 8.81. The molecule has 0 saturated carbocycles. The van der Waals surface area contributed by atoms with Crippen molar-refractivity contribution >= 4 is 11.9 Å². The topological polar surface area (TPSA) is 47.9 Å². The molecule has 18 heavy (non-hydrogen) atoms. The molecule has 0 bridgehead atoms. The first-order valence-corrected chi connectivity index (χ1v) is 7.12. The Hall–Kier alpha value is -1.26. The summed E-state index contributed by atoms with van der Waals surface area (Å²) in [6.45, 7) is 7.15. The van der Waals surface area contributed by atoms with Crippen LogP contribution in [0.5, 0.6) is 0 Å². The predicted molar refractivity (Wildman–Crippen MR) is 72.6 cm³/mol. The Bertz CT molecular complexity index is 304. The summed E-state index contributed by atoms with van der Waals surface area (Å²) in [5.74, 6) is 1.07. The normalized spacial score (nSPS) is 20.6. The number of hydrogen-bond donors (Lipinski definition) is 1. The monoisotopic (exact) mass is 252 g/mol. The average molecular weight is 252 g/mol. The molecule has 0 unspecified atom stereocenters. The van der Waals surface area contributed by atoms with E-state index in [9.17, 15) is 4.79 Å². The van der Waals surface area contributed by atoms with Gasteiger partial charge in [0.1, 0.15) is 6.54 Å². The second-order valence-corrected chi connectivity index (χ2v) is 4.95. The van der Waals surface area contributed by atoms with Crippen molar-refractivity contribution in [2.75, 3.05) is 39.3 Å². The maximum absolute atomic E-state index is 11.9. The number of amides is 1. The minimum atomic E-state index is 0.169. The van der Waals surface area contributed by atoms with Crippen molar-refractivity contribution in [3.8, 4) is 0 Å². The van der Waals surface area contributed by atoms with Gasteiger partial charge in [-0.25, -0.2) is 4.99 Å². The molecule has 102 valence electrons. The molecule has 0 spiro atoms. The fourth-order valence-corrected chi connectivity index (χ4v) is 2.56. The zero-order valence-corrected chi connectivity index (χ0v) is 11.3. The molecule has 0 aromatic heterocycles. The quantitative estimate of drug-likeness (QED) is 0.593. The van der Waals surface area contributed by atoms with Gasteiger partial charge in [0.2, 0.25) is 5.91 Å². The van der Waals surface area contributed by atoms with Crippen LogP contribution in [-0.4, -0.2) is 60.9 Å². The van der Waals surface area contributed by atoms with E-state index < -0.39 is 0 Å². The van der Waals surface area contributed by atoms with Crippen molar-refractivity contribution in [2.45, 2.75) is 32.6 Å². The van der Waals surface area contributed by atoms with Crippen LogP contribution >= 0.6 is 0 Å². The van der Waals surface area contributed by atoms with Crippen LogP contribution in [0.4, 0.5) is 0 Å². The highest BCUT2D eigenvalue weighted by molar-refractivity contribution is 5.85. The fraction of sp³-hybridized carbons (Fsp3) is 0.846. The van der Waals surface area contributed by atoms with E-state index in [0.717, 1.165) is 51.5 Å². The van der Waals surface area contributed by atoms with Crippen LogP contribution in [0.2, 0.25) is 0 Å². The van der Waals surface area contributed by atoms with Crippen LogP contribution in [-0.2, 0) is 4.79 Å². The first-order valence-electron chi connectivity index (χ1n) is 7.12. The number of nitrogens with zero attached hydrogens (tertiary/aromatic N) is 3. The highest BCUT2D eigenvalue weighted by Crippen LogP contribution is 2.09. The maximum atomic E-state index is 11.9.